The van der Waals surface area contributed by atoms with Crippen LogP contribution in [0.4, 0.5) is 5.69 Å². The summed E-state index contributed by atoms with van der Waals surface area (Å²) in [7, 11) is 2.37. The molecule has 0 bridgehead atoms. The standard InChI is InChI=1S/C18H16INO6/c1-10-8-11(19)9-13(16(21)22)14(10)20-7-5-4-6-12(17(23)25-2)15(20)18(24)26-3/h4-9H,1-3H3,(H,21,22). The van der Waals surface area contributed by atoms with Crippen LogP contribution in [0.3, 0.4) is 0 Å². The van der Waals surface area contributed by atoms with Gasteiger partial charge in [-0.05, 0) is 59.4 Å². The number of benzene rings is 1. The van der Waals surface area contributed by atoms with Gasteiger partial charge in [0.15, 0.2) is 0 Å². The summed E-state index contributed by atoms with van der Waals surface area (Å²) in [6.45, 7) is 1.73. The molecule has 0 aromatic heterocycles. The van der Waals surface area contributed by atoms with E-state index in [-0.39, 0.29) is 22.5 Å². The molecule has 1 aromatic rings. The van der Waals surface area contributed by atoms with Gasteiger partial charge in [-0.2, -0.15) is 0 Å². The Labute approximate surface area is 163 Å². The average molecular weight is 469 g/mol. The quantitative estimate of drug-likeness (QED) is 0.536. The summed E-state index contributed by atoms with van der Waals surface area (Å²) in [5.74, 6) is -2.69. The van der Waals surface area contributed by atoms with Gasteiger partial charge in [0, 0.05) is 9.77 Å². The molecule has 8 heteroatoms. The number of carbonyl (C=O) groups excluding carboxylic acids is 2. The molecule has 1 N–H and O–H groups in total. The minimum Gasteiger partial charge on any atom is -0.478 e. The average Bonchev–Trinajstić information content (AvgIpc) is 2.82. The van der Waals surface area contributed by atoms with Crippen LogP contribution in [0.25, 0.3) is 0 Å². The first-order chi connectivity index (χ1) is 12.3. The first-order valence-electron chi connectivity index (χ1n) is 7.40. The monoisotopic (exact) mass is 469 g/mol. The lowest BCUT2D eigenvalue weighted by molar-refractivity contribution is -0.139. The van der Waals surface area contributed by atoms with Crippen molar-refractivity contribution in [1.29, 1.82) is 0 Å². The molecular formula is C18H16INO6. The van der Waals surface area contributed by atoms with Gasteiger partial charge in [0.05, 0.1) is 31.0 Å². The van der Waals surface area contributed by atoms with E-state index in [1.165, 1.54) is 37.5 Å². The molecule has 0 atom stereocenters. The van der Waals surface area contributed by atoms with E-state index < -0.39 is 17.9 Å². The highest BCUT2D eigenvalue weighted by molar-refractivity contribution is 14.1. The van der Waals surface area contributed by atoms with Crippen molar-refractivity contribution in [2.24, 2.45) is 0 Å². The van der Waals surface area contributed by atoms with Crippen LogP contribution in [0.1, 0.15) is 15.9 Å². The van der Waals surface area contributed by atoms with Gasteiger partial charge in [0.2, 0.25) is 0 Å². The fourth-order valence-corrected chi connectivity index (χ4v) is 3.33. The maximum Gasteiger partial charge on any atom is 0.355 e. The van der Waals surface area contributed by atoms with Gasteiger partial charge in [-0.1, -0.05) is 6.08 Å². The number of hydrogen-bond acceptors (Lipinski definition) is 6. The number of rotatable bonds is 4. The van der Waals surface area contributed by atoms with Crippen LogP contribution >= 0.6 is 22.6 Å². The van der Waals surface area contributed by atoms with Gasteiger partial charge in [0.1, 0.15) is 5.70 Å². The fourth-order valence-electron chi connectivity index (χ4n) is 2.56. The number of carbonyl (C=O) groups is 3. The zero-order chi connectivity index (χ0) is 19.4. The second-order valence-electron chi connectivity index (χ2n) is 5.24. The molecule has 1 aliphatic rings. The normalized spacial score (nSPS) is 13.5. The van der Waals surface area contributed by atoms with Gasteiger partial charge >= 0.3 is 17.9 Å². The molecule has 136 valence electrons. The SMILES string of the molecule is COC(=O)C1=C(C(=O)OC)N(c2c(C)cc(I)cc2C(=O)O)C=CC=C1. The molecule has 1 heterocycles. The third kappa shape index (κ3) is 3.79. The summed E-state index contributed by atoms with van der Waals surface area (Å²) in [6.07, 6.45) is 6.05. The minimum absolute atomic E-state index is 0.00781. The highest BCUT2D eigenvalue weighted by Crippen LogP contribution is 2.33. The Hall–Kier alpha value is -2.62. The Kier molecular flexibility index (Phi) is 6.19. The third-order valence-corrected chi connectivity index (χ3v) is 4.25. The van der Waals surface area contributed by atoms with E-state index >= 15 is 0 Å². The number of allylic oxidation sites excluding steroid dienone is 2. The molecular weight excluding hydrogens is 453 g/mol. The number of aromatic carboxylic acids is 1. The van der Waals surface area contributed by atoms with Crippen molar-refractivity contribution in [1.82, 2.24) is 0 Å². The molecule has 0 saturated carbocycles. The van der Waals surface area contributed by atoms with Gasteiger partial charge < -0.3 is 19.5 Å². The molecule has 26 heavy (non-hydrogen) atoms. The molecule has 2 rings (SSSR count). The zero-order valence-electron chi connectivity index (χ0n) is 14.3. The van der Waals surface area contributed by atoms with Crippen molar-refractivity contribution in [3.63, 3.8) is 0 Å². The van der Waals surface area contributed by atoms with Crippen LogP contribution in [0.5, 0.6) is 0 Å². The largest absolute Gasteiger partial charge is 0.478 e. The molecule has 0 radical (unpaired) electrons. The Morgan fingerprint density at radius 2 is 1.73 bits per heavy atom. The number of halogens is 1. The van der Waals surface area contributed by atoms with Gasteiger partial charge in [-0.25, -0.2) is 14.4 Å². The third-order valence-electron chi connectivity index (χ3n) is 3.63. The summed E-state index contributed by atoms with van der Waals surface area (Å²) in [5, 5.41) is 9.63. The molecule has 0 unspecified atom stereocenters. The second-order valence-corrected chi connectivity index (χ2v) is 6.49. The van der Waals surface area contributed by atoms with Crippen molar-refractivity contribution in [2.45, 2.75) is 6.92 Å². The highest BCUT2D eigenvalue weighted by atomic mass is 127. The van der Waals surface area contributed by atoms with Crippen LogP contribution in [0.2, 0.25) is 0 Å². The molecule has 0 fully saturated rings. The summed E-state index contributed by atoms with van der Waals surface area (Å²) < 4.78 is 10.3. The lowest BCUT2D eigenvalue weighted by Gasteiger charge is -2.26. The van der Waals surface area contributed by atoms with E-state index in [4.69, 9.17) is 9.47 Å². The minimum atomic E-state index is -1.16. The smallest absolute Gasteiger partial charge is 0.355 e. The molecule has 0 spiro atoms. The first kappa shape index (κ1) is 19.7. The van der Waals surface area contributed by atoms with Crippen LogP contribution < -0.4 is 4.90 Å². The van der Waals surface area contributed by atoms with E-state index in [2.05, 4.69) is 0 Å². The van der Waals surface area contributed by atoms with Gasteiger partial charge in [-0.3, -0.25) is 0 Å². The number of esters is 2. The highest BCUT2D eigenvalue weighted by Gasteiger charge is 2.30. The molecule has 0 saturated heterocycles. The van der Waals surface area contributed by atoms with Gasteiger partial charge in [0.25, 0.3) is 0 Å². The zero-order valence-corrected chi connectivity index (χ0v) is 16.4. The summed E-state index contributed by atoms with van der Waals surface area (Å²) >= 11 is 2.02. The van der Waals surface area contributed by atoms with Crippen molar-refractivity contribution in [2.75, 3.05) is 19.1 Å². The summed E-state index contributed by atoms with van der Waals surface area (Å²) in [5.41, 5.74) is 0.701. The van der Waals surface area contributed by atoms with Crippen molar-refractivity contribution in [3.8, 4) is 0 Å². The topological polar surface area (TPSA) is 93.1 Å². The summed E-state index contributed by atoms with van der Waals surface area (Å²) in [6, 6.07) is 3.27. The van der Waals surface area contributed by atoms with Crippen molar-refractivity contribution >= 4 is 46.2 Å². The second kappa shape index (κ2) is 8.17. The van der Waals surface area contributed by atoms with E-state index in [9.17, 15) is 19.5 Å². The molecule has 0 aliphatic carbocycles. The fraction of sp³-hybridized carbons (Fsp3) is 0.167. The van der Waals surface area contributed by atoms with Crippen LogP contribution in [0.15, 0.2) is 47.8 Å². The predicted molar refractivity (Wildman–Crippen MR) is 103 cm³/mol. The van der Waals surface area contributed by atoms with E-state index in [0.29, 0.717) is 5.56 Å². The predicted octanol–water partition coefficient (Wildman–Crippen LogP) is 2.79. The van der Waals surface area contributed by atoms with Crippen LogP contribution in [-0.4, -0.2) is 37.2 Å². The maximum absolute atomic E-state index is 12.4. The lowest BCUT2D eigenvalue weighted by atomic mass is 10.0. The molecule has 0 amide bonds. The Morgan fingerprint density at radius 3 is 2.31 bits per heavy atom. The molecule has 1 aromatic carbocycles. The van der Waals surface area contributed by atoms with E-state index in [0.717, 1.165) is 3.57 Å². The number of nitrogens with zero attached hydrogens (tertiary/aromatic N) is 1. The van der Waals surface area contributed by atoms with E-state index in [1.54, 1.807) is 25.1 Å². The number of hydrogen-bond donors (Lipinski definition) is 1. The Balaban J connectivity index is 2.84. The lowest BCUT2D eigenvalue weighted by Crippen LogP contribution is -2.28. The molecule has 1 aliphatic heterocycles. The number of methoxy groups -OCH3 is 2. The Morgan fingerprint density at radius 1 is 1.08 bits per heavy atom. The van der Waals surface area contributed by atoms with Crippen molar-refractivity contribution < 1.29 is 29.0 Å². The summed E-state index contributed by atoms with van der Waals surface area (Å²) in [4.78, 5) is 37.7. The number of aryl methyl sites for hydroxylation is 1. The Bertz CT molecular complexity index is 869. The number of carboxylic acids is 1. The number of carboxylic acid groups (broad SMARTS) is 1. The van der Waals surface area contributed by atoms with Crippen molar-refractivity contribution in [3.05, 3.63) is 62.5 Å². The van der Waals surface area contributed by atoms with Crippen LogP contribution in [-0.2, 0) is 19.1 Å². The first-order valence-corrected chi connectivity index (χ1v) is 8.48. The molecule has 7 nitrogen and oxygen atoms in total. The number of anilines is 1. The number of ether oxygens (including phenoxy) is 2. The van der Waals surface area contributed by atoms with Crippen LogP contribution in [0, 0.1) is 10.5 Å². The van der Waals surface area contributed by atoms with Gasteiger partial charge in [-0.15, -0.1) is 0 Å². The maximum atomic E-state index is 12.4. The van der Waals surface area contributed by atoms with E-state index in [1.807, 2.05) is 22.6 Å².